The second-order valence-corrected chi connectivity index (χ2v) is 7.30. The lowest BCUT2D eigenvalue weighted by molar-refractivity contribution is 0.142. The number of carbonyl (C=O) groups excluding carboxylic acids is 1. The van der Waals surface area contributed by atoms with Crippen LogP contribution in [0.25, 0.3) is 10.6 Å². The molecule has 0 bridgehead atoms. The highest BCUT2D eigenvalue weighted by molar-refractivity contribution is 7.19. The van der Waals surface area contributed by atoms with E-state index in [1.165, 1.54) is 11.3 Å². The van der Waals surface area contributed by atoms with Crippen LogP contribution in [0, 0.1) is 6.92 Å². The van der Waals surface area contributed by atoms with E-state index in [2.05, 4.69) is 10.3 Å². The molecule has 1 aliphatic heterocycles. The Labute approximate surface area is 146 Å². The summed E-state index contributed by atoms with van der Waals surface area (Å²) in [6.07, 6.45) is 2.18. The minimum Gasteiger partial charge on any atom is -0.393 e. The van der Waals surface area contributed by atoms with Crippen LogP contribution in [0.15, 0.2) is 30.3 Å². The molecule has 1 aromatic carbocycles. The fourth-order valence-electron chi connectivity index (χ4n) is 3.13. The molecule has 0 saturated carbocycles. The maximum Gasteiger partial charge on any atom is 0.322 e. The van der Waals surface area contributed by atoms with Crippen LogP contribution < -0.4 is 5.32 Å². The van der Waals surface area contributed by atoms with Crippen molar-refractivity contribution >= 4 is 22.4 Å². The molecule has 1 fully saturated rings. The number of thiazole rings is 1. The third-order valence-electron chi connectivity index (χ3n) is 4.29. The van der Waals surface area contributed by atoms with Gasteiger partial charge in [0.05, 0.1) is 11.8 Å². The van der Waals surface area contributed by atoms with Crippen molar-refractivity contribution in [1.29, 1.82) is 0 Å². The molecule has 24 heavy (non-hydrogen) atoms. The molecule has 128 valence electrons. The molecule has 1 aromatic heterocycles. The molecule has 0 aliphatic carbocycles. The van der Waals surface area contributed by atoms with Gasteiger partial charge in [-0.2, -0.15) is 0 Å². The molecule has 1 aliphatic rings. The zero-order valence-electron chi connectivity index (χ0n) is 14.0. The number of aliphatic hydroxyl groups excluding tert-OH is 1. The third kappa shape index (κ3) is 3.76. The number of urea groups is 1. The Kier molecular flexibility index (Phi) is 5.16. The van der Waals surface area contributed by atoms with Crippen molar-refractivity contribution in [1.82, 2.24) is 9.88 Å². The van der Waals surface area contributed by atoms with Gasteiger partial charge in [-0.3, -0.25) is 5.32 Å². The lowest BCUT2D eigenvalue weighted by atomic mass is 10.1. The van der Waals surface area contributed by atoms with Gasteiger partial charge in [0, 0.05) is 18.2 Å². The SMILES string of the molecule is Cc1nc(-c2ccccc2)sc1NC(=O)N1CCC[C@H]1C[C@@H](C)O. The zero-order chi connectivity index (χ0) is 17.1. The van der Waals surface area contributed by atoms with E-state index < -0.39 is 6.10 Å². The van der Waals surface area contributed by atoms with Crippen molar-refractivity contribution in [2.75, 3.05) is 11.9 Å². The average molecular weight is 345 g/mol. The molecule has 2 aromatic rings. The number of hydrogen-bond donors (Lipinski definition) is 2. The van der Waals surface area contributed by atoms with Gasteiger partial charge in [0.15, 0.2) is 0 Å². The van der Waals surface area contributed by atoms with Gasteiger partial charge in [0.2, 0.25) is 0 Å². The number of aryl methyl sites for hydroxylation is 1. The second-order valence-electron chi connectivity index (χ2n) is 6.30. The molecule has 0 spiro atoms. The molecule has 2 atom stereocenters. The standard InChI is InChI=1S/C18H23N3O2S/c1-12(22)11-15-9-6-10-21(15)18(23)20-16-13(2)19-17(24-16)14-7-4-3-5-8-14/h3-5,7-8,12,15,22H,6,9-11H2,1-2H3,(H,20,23)/t12-,15+/m1/s1. The van der Waals surface area contributed by atoms with Gasteiger partial charge in [0.1, 0.15) is 10.0 Å². The Hall–Kier alpha value is -1.92. The van der Waals surface area contributed by atoms with Crippen molar-refractivity contribution in [2.45, 2.75) is 45.3 Å². The summed E-state index contributed by atoms with van der Waals surface area (Å²) >= 11 is 1.50. The van der Waals surface area contributed by atoms with Gasteiger partial charge < -0.3 is 10.0 Å². The van der Waals surface area contributed by atoms with E-state index in [0.717, 1.165) is 40.7 Å². The number of likely N-dealkylation sites (tertiary alicyclic amines) is 1. The summed E-state index contributed by atoms with van der Waals surface area (Å²) in [5, 5.41) is 14.3. The highest BCUT2D eigenvalue weighted by Gasteiger charge is 2.30. The second kappa shape index (κ2) is 7.32. The van der Waals surface area contributed by atoms with Crippen molar-refractivity contribution in [3.63, 3.8) is 0 Å². The van der Waals surface area contributed by atoms with Crippen molar-refractivity contribution in [3.05, 3.63) is 36.0 Å². The van der Waals surface area contributed by atoms with Crippen LogP contribution in [0.3, 0.4) is 0 Å². The first-order valence-electron chi connectivity index (χ1n) is 8.33. The quantitative estimate of drug-likeness (QED) is 0.883. The van der Waals surface area contributed by atoms with E-state index in [0.29, 0.717) is 6.42 Å². The number of amides is 2. The molecule has 0 unspecified atom stereocenters. The van der Waals surface area contributed by atoms with E-state index in [1.807, 2.05) is 42.2 Å². The van der Waals surface area contributed by atoms with Gasteiger partial charge in [-0.1, -0.05) is 41.7 Å². The summed E-state index contributed by atoms with van der Waals surface area (Å²) < 4.78 is 0. The number of carbonyl (C=O) groups is 1. The van der Waals surface area contributed by atoms with Crippen LogP contribution in [-0.4, -0.2) is 39.7 Å². The highest BCUT2D eigenvalue weighted by Crippen LogP contribution is 2.32. The molecule has 0 radical (unpaired) electrons. The van der Waals surface area contributed by atoms with E-state index in [4.69, 9.17) is 0 Å². The molecule has 2 heterocycles. The summed E-state index contributed by atoms with van der Waals surface area (Å²) in [6.45, 7) is 4.43. The Morgan fingerprint density at radius 1 is 1.46 bits per heavy atom. The Balaban J connectivity index is 1.72. The van der Waals surface area contributed by atoms with Crippen LogP contribution in [-0.2, 0) is 0 Å². The number of aliphatic hydroxyl groups is 1. The Bertz CT molecular complexity index is 700. The van der Waals surface area contributed by atoms with Crippen LogP contribution >= 0.6 is 11.3 Å². The van der Waals surface area contributed by atoms with Crippen LogP contribution in [0.5, 0.6) is 0 Å². The van der Waals surface area contributed by atoms with Crippen LogP contribution in [0.1, 0.15) is 31.9 Å². The monoisotopic (exact) mass is 345 g/mol. The summed E-state index contributed by atoms with van der Waals surface area (Å²) in [5.74, 6) is 0. The maximum atomic E-state index is 12.6. The predicted molar refractivity (Wildman–Crippen MR) is 97.3 cm³/mol. The maximum absolute atomic E-state index is 12.6. The minimum absolute atomic E-state index is 0.0930. The summed E-state index contributed by atoms with van der Waals surface area (Å²) in [7, 11) is 0. The number of rotatable bonds is 4. The lowest BCUT2D eigenvalue weighted by Gasteiger charge is -2.25. The molecule has 3 rings (SSSR count). The Morgan fingerprint density at radius 2 is 2.21 bits per heavy atom. The fourth-order valence-corrected chi connectivity index (χ4v) is 4.09. The van der Waals surface area contributed by atoms with Crippen molar-refractivity contribution in [2.24, 2.45) is 0 Å². The number of nitrogens with zero attached hydrogens (tertiary/aromatic N) is 2. The smallest absolute Gasteiger partial charge is 0.322 e. The molecule has 6 heteroatoms. The normalized spacial score (nSPS) is 18.6. The molecule has 1 saturated heterocycles. The predicted octanol–water partition coefficient (Wildman–Crippen LogP) is 3.89. The van der Waals surface area contributed by atoms with Crippen molar-refractivity contribution in [3.8, 4) is 10.6 Å². The van der Waals surface area contributed by atoms with E-state index in [1.54, 1.807) is 6.92 Å². The first kappa shape index (κ1) is 16.9. The van der Waals surface area contributed by atoms with Crippen LogP contribution in [0.4, 0.5) is 9.80 Å². The molecule has 2 N–H and O–H groups in total. The van der Waals surface area contributed by atoms with E-state index in [-0.39, 0.29) is 12.1 Å². The number of anilines is 1. The topological polar surface area (TPSA) is 65.5 Å². The Morgan fingerprint density at radius 3 is 2.92 bits per heavy atom. The van der Waals surface area contributed by atoms with Crippen LogP contribution in [0.2, 0.25) is 0 Å². The van der Waals surface area contributed by atoms with Gasteiger partial charge >= 0.3 is 6.03 Å². The molecular weight excluding hydrogens is 322 g/mol. The molecule has 5 nitrogen and oxygen atoms in total. The van der Waals surface area contributed by atoms with E-state index in [9.17, 15) is 9.90 Å². The summed E-state index contributed by atoms with van der Waals surface area (Å²) in [4.78, 5) is 19.0. The molecular formula is C18H23N3O2S. The first-order chi connectivity index (χ1) is 11.5. The van der Waals surface area contributed by atoms with Gasteiger partial charge in [0.25, 0.3) is 0 Å². The number of hydrogen-bond acceptors (Lipinski definition) is 4. The summed E-state index contributed by atoms with van der Waals surface area (Å²) in [6, 6.07) is 10.00. The molecule has 2 amide bonds. The average Bonchev–Trinajstić information content (AvgIpc) is 3.15. The number of nitrogens with one attached hydrogen (secondary N) is 1. The largest absolute Gasteiger partial charge is 0.393 e. The number of aromatic nitrogens is 1. The third-order valence-corrected chi connectivity index (χ3v) is 5.41. The highest BCUT2D eigenvalue weighted by atomic mass is 32.1. The van der Waals surface area contributed by atoms with Gasteiger partial charge in [-0.05, 0) is 33.1 Å². The fraction of sp³-hybridized carbons (Fsp3) is 0.444. The number of benzene rings is 1. The van der Waals surface area contributed by atoms with Gasteiger partial charge in [-0.15, -0.1) is 0 Å². The van der Waals surface area contributed by atoms with E-state index >= 15 is 0 Å². The lowest BCUT2D eigenvalue weighted by Crippen LogP contribution is -2.40. The van der Waals surface area contributed by atoms with Gasteiger partial charge in [-0.25, -0.2) is 9.78 Å². The van der Waals surface area contributed by atoms with Crippen molar-refractivity contribution < 1.29 is 9.90 Å². The zero-order valence-corrected chi connectivity index (χ0v) is 14.8. The minimum atomic E-state index is -0.391. The summed E-state index contributed by atoms with van der Waals surface area (Å²) in [5.41, 5.74) is 1.89. The first-order valence-corrected chi connectivity index (χ1v) is 9.15.